The number of anilines is 1. The number of pyridine rings is 1. The van der Waals surface area contributed by atoms with Crippen molar-refractivity contribution >= 4 is 29.4 Å². The molecule has 6 heteroatoms. The normalized spacial score (nSPS) is 10.7. The van der Waals surface area contributed by atoms with Gasteiger partial charge in [0, 0.05) is 17.2 Å². The lowest BCUT2D eigenvalue weighted by Crippen LogP contribution is -2.08. The third-order valence-corrected chi connectivity index (χ3v) is 4.41. The van der Waals surface area contributed by atoms with E-state index in [1.54, 1.807) is 42.2 Å². The number of para-hydroxylation sites is 1. The highest BCUT2D eigenvalue weighted by Gasteiger charge is 2.06. The second kappa shape index (κ2) is 9.00. The van der Waals surface area contributed by atoms with Crippen molar-refractivity contribution in [3.63, 3.8) is 0 Å². The second-order valence-electron chi connectivity index (χ2n) is 5.50. The molecule has 0 bridgehead atoms. The Morgan fingerprint density at radius 2 is 2.04 bits per heavy atom. The largest absolute Gasteiger partial charge is 0.453 e. The first kappa shape index (κ1) is 18.7. The van der Waals surface area contributed by atoms with Crippen LogP contribution >= 0.6 is 11.8 Å². The summed E-state index contributed by atoms with van der Waals surface area (Å²) in [6, 6.07) is 15.4. The van der Waals surface area contributed by atoms with Crippen LogP contribution in [0.15, 0.2) is 78.0 Å². The van der Waals surface area contributed by atoms with Crippen molar-refractivity contribution < 1.29 is 13.9 Å². The molecule has 0 saturated carbocycles. The van der Waals surface area contributed by atoms with Crippen LogP contribution in [0.4, 0.5) is 10.1 Å². The van der Waals surface area contributed by atoms with Crippen LogP contribution in [0.25, 0.3) is 6.08 Å². The van der Waals surface area contributed by atoms with Crippen molar-refractivity contribution in [1.82, 2.24) is 4.98 Å². The van der Waals surface area contributed by atoms with Gasteiger partial charge in [-0.3, -0.25) is 9.78 Å². The standard InChI is InChI=1S/C21H17FN2O2S/c1-27-20-7-3-2-6-18(20)24-21(25)11-9-15-8-10-19(17(22)13-15)26-16-5-4-12-23-14-16/h2-14H,1H3,(H,24,25)/b11-9+. The van der Waals surface area contributed by atoms with Crippen LogP contribution in [0.1, 0.15) is 5.56 Å². The Balaban J connectivity index is 1.66. The summed E-state index contributed by atoms with van der Waals surface area (Å²) in [5, 5.41) is 2.82. The molecule has 4 nitrogen and oxygen atoms in total. The Labute approximate surface area is 161 Å². The molecule has 1 N–H and O–H groups in total. The second-order valence-corrected chi connectivity index (χ2v) is 6.35. The molecule has 3 aromatic rings. The Morgan fingerprint density at radius 1 is 1.19 bits per heavy atom. The number of rotatable bonds is 6. The van der Waals surface area contributed by atoms with Gasteiger partial charge in [-0.2, -0.15) is 0 Å². The number of amides is 1. The molecule has 136 valence electrons. The number of nitrogens with one attached hydrogen (secondary N) is 1. The van der Waals surface area contributed by atoms with Gasteiger partial charge in [-0.25, -0.2) is 4.39 Å². The zero-order valence-corrected chi connectivity index (χ0v) is 15.4. The SMILES string of the molecule is CSc1ccccc1NC(=O)/C=C/c1ccc(Oc2cccnc2)c(F)c1. The van der Waals surface area contributed by atoms with Crippen LogP contribution in [0.5, 0.6) is 11.5 Å². The highest BCUT2D eigenvalue weighted by molar-refractivity contribution is 7.98. The van der Waals surface area contributed by atoms with Crippen molar-refractivity contribution in [1.29, 1.82) is 0 Å². The van der Waals surface area contributed by atoms with E-state index in [1.807, 2.05) is 30.5 Å². The molecule has 1 heterocycles. The number of carbonyl (C=O) groups excluding carboxylic acids is 1. The summed E-state index contributed by atoms with van der Waals surface area (Å²) in [6.45, 7) is 0. The average molecular weight is 380 g/mol. The average Bonchev–Trinajstić information content (AvgIpc) is 2.69. The molecule has 1 aromatic heterocycles. The fourth-order valence-corrected chi connectivity index (χ4v) is 2.89. The monoisotopic (exact) mass is 380 g/mol. The maximum atomic E-state index is 14.2. The molecule has 0 spiro atoms. The minimum atomic E-state index is -0.519. The van der Waals surface area contributed by atoms with E-state index < -0.39 is 5.82 Å². The summed E-state index contributed by atoms with van der Waals surface area (Å²) in [4.78, 5) is 17.0. The molecule has 0 fully saturated rings. The van der Waals surface area contributed by atoms with Crippen molar-refractivity contribution in [3.8, 4) is 11.5 Å². The first-order chi connectivity index (χ1) is 13.2. The molecule has 1 amide bonds. The lowest BCUT2D eigenvalue weighted by atomic mass is 10.2. The lowest BCUT2D eigenvalue weighted by molar-refractivity contribution is -0.111. The summed E-state index contributed by atoms with van der Waals surface area (Å²) in [6.07, 6.45) is 7.98. The fourth-order valence-electron chi connectivity index (χ4n) is 2.33. The Hall–Kier alpha value is -3.12. The molecule has 0 aliphatic rings. The third-order valence-electron chi connectivity index (χ3n) is 3.61. The number of hydrogen-bond acceptors (Lipinski definition) is 4. The maximum absolute atomic E-state index is 14.2. The Kier molecular flexibility index (Phi) is 6.22. The van der Waals surface area contributed by atoms with Gasteiger partial charge in [0.25, 0.3) is 0 Å². The van der Waals surface area contributed by atoms with Gasteiger partial charge in [0.15, 0.2) is 11.6 Å². The van der Waals surface area contributed by atoms with Crippen LogP contribution in [0, 0.1) is 5.82 Å². The van der Waals surface area contributed by atoms with Crippen LogP contribution in [0.3, 0.4) is 0 Å². The molecule has 0 saturated heterocycles. The maximum Gasteiger partial charge on any atom is 0.248 e. The van der Waals surface area contributed by atoms with E-state index in [9.17, 15) is 9.18 Å². The predicted octanol–water partition coefficient (Wildman–Crippen LogP) is 5.39. The molecule has 0 atom stereocenters. The highest BCUT2D eigenvalue weighted by Crippen LogP contribution is 2.26. The molecule has 2 aromatic carbocycles. The number of thioether (sulfide) groups is 1. The van der Waals surface area contributed by atoms with Gasteiger partial charge < -0.3 is 10.1 Å². The van der Waals surface area contributed by atoms with E-state index in [-0.39, 0.29) is 11.7 Å². The third kappa shape index (κ3) is 5.18. The number of benzene rings is 2. The lowest BCUT2D eigenvalue weighted by Gasteiger charge is -2.07. The van der Waals surface area contributed by atoms with Crippen molar-refractivity contribution in [2.45, 2.75) is 4.90 Å². The van der Waals surface area contributed by atoms with Crippen molar-refractivity contribution in [3.05, 3.63) is 84.4 Å². The summed E-state index contributed by atoms with van der Waals surface area (Å²) in [7, 11) is 0. The summed E-state index contributed by atoms with van der Waals surface area (Å²) in [5.41, 5.74) is 1.30. The fraction of sp³-hybridized carbons (Fsp3) is 0.0476. The molecule has 0 aliphatic carbocycles. The minimum Gasteiger partial charge on any atom is -0.453 e. The molecular weight excluding hydrogens is 363 g/mol. The van der Waals surface area contributed by atoms with Crippen LogP contribution < -0.4 is 10.1 Å². The smallest absolute Gasteiger partial charge is 0.248 e. The van der Waals surface area contributed by atoms with Gasteiger partial charge in [-0.1, -0.05) is 18.2 Å². The first-order valence-electron chi connectivity index (χ1n) is 8.15. The van der Waals surface area contributed by atoms with Gasteiger partial charge in [0.05, 0.1) is 11.9 Å². The predicted molar refractivity (Wildman–Crippen MR) is 107 cm³/mol. The quantitative estimate of drug-likeness (QED) is 0.460. The van der Waals surface area contributed by atoms with E-state index in [0.717, 1.165) is 10.6 Å². The van der Waals surface area contributed by atoms with Crippen LogP contribution in [-0.4, -0.2) is 17.1 Å². The summed E-state index contributed by atoms with van der Waals surface area (Å²) < 4.78 is 19.7. The van der Waals surface area contributed by atoms with Gasteiger partial charge in [-0.05, 0) is 54.3 Å². The number of aromatic nitrogens is 1. The van der Waals surface area contributed by atoms with Gasteiger partial charge in [0.1, 0.15) is 5.75 Å². The minimum absolute atomic E-state index is 0.0958. The molecule has 3 rings (SSSR count). The molecule has 0 unspecified atom stereocenters. The molecule has 27 heavy (non-hydrogen) atoms. The van der Waals surface area contributed by atoms with Crippen molar-refractivity contribution in [2.75, 3.05) is 11.6 Å². The van der Waals surface area contributed by atoms with Gasteiger partial charge in [0.2, 0.25) is 5.91 Å². The van der Waals surface area contributed by atoms with E-state index in [4.69, 9.17) is 4.74 Å². The van der Waals surface area contributed by atoms with Crippen molar-refractivity contribution in [2.24, 2.45) is 0 Å². The Bertz CT molecular complexity index is 961. The highest BCUT2D eigenvalue weighted by atomic mass is 32.2. The topological polar surface area (TPSA) is 51.2 Å². The molecular formula is C21H17FN2O2S. The van der Waals surface area contributed by atoms with E-state index in [2.05, 4.69) is 10.3 Å². The zero-order chi connectivity index (χ0) is 19.1. The Morgan fingerprint density at radius 3 is 2.78 bits per heavy atom. The van der Waals surface area contributed by atoms with E-state index in [1.165, 1.54) is 24.4 Å². The van der Waals surface area contributed by atoms with Gasteiger partial charge in [-0.15, -0.1) is 11.8 Å². The number of halogens is 1. The number of nitrogens with zero attached hydrogens (tertiary/aromatic N) is 1. The van der Waals surface area contributed by atoms with Crippen LogP contribution in [-0.2, 0) is 4.79 Å². The van der Waals surface area contributed by atoms with Crippen LogP contribution in [0.2, 0.25) is 0 Å². The summed E-state index contributed by atoms with van der Waals surface area (Å²) >= 11 is 1.55. The first-order valence-corrected chi connectivity index (χ1v) is 9.37. The van der Waals surface area contributed by atoms with E-state index >= 15 is 0 Å². The molecule has 0 radical (unpaired) electrons. The summed E-state index contributed by atoms with van der Waals surface area (Å²) in [5.74, 6) is -0.258. The molecule has 0 aliphatic heterocycles. The number of carbonyl (C=O) groups is 1. The van der Waals surface area contributed by atoms with Gasteiger partial charge >= 0.3 is 0 Å². The van der Waals surface area contributed by atoms with E-state index in [0.29, 0.717) is 11.3 Å². The zero-order valence-electron chi connectivity index (χ0n) is 14.6. The number of ether oxygens (including phenoxy) is 1. The number of hydrogen-bond donors (Lipinski definition) is 1.